The van der Waals surface area contributed by atoms with Gasteiger partial charge >= 0.3 is 0 Å². The molecule has 1 unspecified atom stereocenters. The van der Waals surface area contributed by atoms with E-state index in [1.54, 1.807) is 0 Å². The molecule has 1 saturated carbocycles. The summed E-state index contributed by atoms with van der Waals surface area (Å²) in [4.78, 5) is 0. The molecule has 0 bridgehead atoms. The molecular formula is C15H26BrN3O. The second kappa shape index (κ2) is 6.58. The summed E-state index contributed by atoms with van der Waals surface area (Å²) in [5, 5.41) is 17.9. The first-order chi connectivity index (χ1) is 9.51. The van der Waals surface area contributed by atoms with Gasteiger partial charge in [0.15, 0.2) is 0 Å². The van der Waals surface area contributed by atoms with Gasteiger partial charge in [-0.15, -0.1) is 0 Å². The smallest absolute Gasteiger partial charge is 0.0738 e. The standard InChI is InChI=1S/C15H26BrN3O/c1-4-15(10-20,17-13-6-7-13)8-5-9-19-12(3)14(16)11(2)18-19/h13,17,20H,4-10H2,1-3H3. The number of halogens is 1. The second-order valence-corrected chi connectivity index (χ2v) is 6.82. The molecule has 0 aliphatic heterocycles. The van der Waals surface area contributed by atoms with E-state index in [9.17, 15) is 5.11 Å². The molecule has 2 rings (SSSR count). The average Bonchev–Trinajstić information content (AvgIpc) is 3.23. The molecule has 0 amide bonds. The maximum absolute atomic E-state index is 9.76. The van der Waals surface area contributed by atoms with Gasteiger partial charge in [0.2, 0.25) is 0 Å². The highest BCUT2D eigenvalue weighted by atomic mass is 79.9. The van der Waals surface area contributed by atoms with Crippen molar-refractivity contribution in [3.63, 3.8) is 0 Å². The van der Waals surface area contributed by atoms with E-state index in [4.69, 9.17) is 0 Å². The molecule has 2 N–H and O–H groups in total. The molecule has 0 radical (unpaired) electrons. The van der Waals surface area contributed by atoms with Crippen molar-refractivity contribution in [2.75, 3.05) is 6.61 Å². The van der Waals surface area contributed by atoms with E-state index < -0.39 is 0 Å². The average molecular weight is 344 g/mol. The number of aromatic nitrogens is 2. The number of aliphatic hydroxyl groups excluding tert-OH is 1. The molecule has 0 spiro atoms. The van der Waals surface area contributed by atoms with Gasteiger partial charge in [-0.1, -0.05) is 6.92 Å². The fraction of sp³-hybridized carbons (Fsp3) is 0.800. The van der Waals surface area contributed by atoms with Crippen molar-refractivity contribution < 1.29 is 5.11 Å². The van der Waals surface area contributed by atoms with Crippen LogP contribution in [0.2, 0.25) is 0 Å². The third kappa shape index (κ3) is 3.62. The van der Waals surface area contributed by atoms with E-state index >= 15 is 0 Å². The van der Waals surface area contributed by atoms with Gasteiger partial charge in [-0.3, -0.25) is 4.68 Å². The molecule has 1 heterocycles. The number of nitrogens with zero attached hydrogens (tertiary/aromatic N) is 2. The van der Waals surface area contributed by atoms with Crippen molar-refractivity contribution in [3.8, 4) is 0 Å². The van der Waals surface area contributed by atoms with Crippen LogP contribution in [-0.2, 0) is 6.54 Å². The monoisotopic (exact) mass is 343 g/mol. The third-order valence-electron chi connectivity index (χ3n) is 4.39. The van der Waals surface area contributed by atoms with Gasteiger partial charge in [-0.05, 0) is 61.9 Å². The first kappa shape index (κ1) is 16.0. The van der Waals surface area contributed by atoms with Gasteiger partial charge in [0.05, 0.1) is 16.8 Å². The summed E-state index contributed by atoms with van der Waals surface area (Å²) in [6.07, 6.45) is 5.51. The fourth-order valence-corrected chi connectivity index (χ4v) is 2.99. The first-order valence-corrected chi connectivity index (χ1v) is 8.38. The highest BCUT2D eigenvalue weighted by Crippen LogP contribution is 2.27. The summed E-state index contributed by atoms with van der Waals surface area (Å²) in [6.45, 7) is 7.40. The largest absolute Gasteiger partial charge is 0.394 e. The molecule has 1 aromatic heterocycles. The van der Waals surface area contributed by atoms with Crippen LogP contribution in [0.15, 0.2) is 4.47 Å². The van der Waals surface area contributed by atoms with E-state index in [0.29, 0.717) is 6.04 Å². The quantitative estimate of drug-likeness (QED) is 0.762. The molecule has 1 aliphatic carbocycles. The van der Waals surface area contributed by atoms with E-state index in [1.807, 2.05) is 6.92 Å². The zero-order chi connectivity index (χ0) is 14.8. The summed E-state index contributed by atoms with van der Waals surface area (Å²) >= 11 is 3.56. The van der Waals surface area contributed by atoms with Crippen molar-refractivity contribution in [3.05, 3.63) is 15.9 Å². The predicted octanol–water partition coefficient (Wildman–Crippen LogP) is 2.94. The lowest BCUT2D eigenvalue weighted by atomic mass is 9.91. The van der Waals surface area contributed by atoms with Gasteiger partial charge in [-0.2, -0.15) is 5.10 Å². The fourth-order valence-electron chi connectivity index (χ4n) is 2.71. The number of rotatable bonds is 8. The van der Waals surface area contributed by atoms with Crippen LogP contribution in [0, 0.1) is 13.8 Å². The minimum atomic E-state index is -0.103. The topological polar surface area (TPSA) is 50.1 Å². The summed E-state index contributed by atoms with van der Waals surface area (Å²) in [5.41, 5.74) is 2.13. The van der Waals surface area contributed by atoms with Gasteiger partial charge < -0.3 is 10.4 Å². The van der Waals surface area contributed by atoms with Crippen LogP contribution >= 0.6 is 15.9 Å². The van der Waals surface area contributed by atoms with Crippen LogP contribution in [0.1, 0.15) is 50.4 Å². The number of hydrogen-bond donors (Lipinski definition) is 2. The van der Waals surface area contributed by atoms with Gasteiger partial charge in [0.25, 0.3) is 0 Å². The van der Waals surface area contributed by atoms with E-state index in [2.05, 4.69) is 44.9 Å². The molecule has 0 saturated heterocycles. The zero-order valence-electron chi connectivity index (χ0n) is 12.7. The van der Waals surface area contributed by atoms with Crippen LogP contribution in [-0.4, -0.2) is 33.1 Å². The van der Waals surface area contributed by atoms with Crippen molar-refractivity contribution in [2.45, 2.75) is 71.0 Å². The molecule has 5 heteroatoms. The Balaban J connectivity index is 1.90. The molecule has 1 atom stereocenters. The SMILES string of the molecule is CCC(CO)(CCCn1nc(C)c(Br)c1C)NC1CC1. The molecule has 1 aromatic rings. The van der Waals surface area contributed by atoms with Gasteiger partial charge in [0, 0.05) is 23.8 Å². The van der Waals surface area contributed by atoms with Crippen molar-refractivity contribution in [2.24, 2.45) is 0 Å². The summed E-state index contributed by atoms with van der Waals surface area (Å²) in [7, 11) is 0. The lowest BCUT2D eigenvalue weighted by molar-refractivity contribution is 0.140. The van der Waals surface area contributed by atoms with Crippen LogP contribution in [0.4, 0.5) is 0 Å². The van der Waals surface area contributed by atoms with Gasteiger partial charge in [0.1, 0.15) is 0 Å². The van der Waals surface area contributed by atoms with Crippen LogP contribution < -0.4 is 5.32 Å². The molecule has 0 aromatic carbocycles. The van der Waals surface area contributed by atoms with Crippen LogP contribution in [0.5, 0.6) is 0 Å². The number of hydrogen-bond acceptors (Lipinski definition) is 3. The summed E-state index contributed by atoms with van der Waals surface area (Å²) in [5.74, 6) is 0. The summed E-state index contributed by atoms with van der Waals surface area (Å²) in [6, 6.07) is 0.630. The Kier molecular flexibility index (Phi) is 5.26. The van der Waals surface area contributed by atoms with Crippen molar-refractivity contribution in [1.29, 1.82) is 0 Å². The molecule has 114 valence electrons. The van der Waals surface area contributed by atoms with E-state index in [1.165, 1.54) is 18.5 Å². The highest BCUT2D eigenvalue weighted by molar-refractivity contribution is 9.10. The molecule has 1 aliphatic rings. The lowest BCUT2D eigenvalue weighted by Crippen LogP contribution is -2.49. The minimum Gasteiger partial charge on any atom is -0.394 e. The Bertz CT molecular complexity index is 450. The number of aryl methyl sites for hydroxylation is 2. The molecule has 20 heavy (non-hydrogen) atoms. The van der Waals surface area contributed by atoms with Gasteiger partial charge in [-0.25, -0.2) is 0 Å². The molecular weight excluding hydrogens is 318 g/mol. The predicted molar refractivity (Wildman–Crippen MR) is 84.9 cm³/mol. The lowest BCUT2D eigenvalue weighted by Gasteiger charge is -2.32. The van der Waals surface area contributed by atoms with E-state index in [-0.39, 0.29) is 12.1 Å². The maximum atomic E-state index is 9.76. The second-order valence-electron chi connectivity index (χ2n) is 6.02. The Labute approximate surface area is 130 Å². The minimum absolute atomic E-state index is 0.103. The molecule has 4 nitrogen and oxygen atoms in total. The van der Waals surface area contributed by atoms with Crippen LogP contribution in [0.25, 0.3) is 0 Å². The Morgan fingerprint density at radius 3 is 2.60 bits per heavy atom. The Hall–Kier alpha value is -0.390. The first-order valence-electron chi connectivity index (χ1n) is 7.59. The maximum Gasteiger partial charge on any atom is 0.0738 e. The van der Waals surface area contributed by atoms with Crippen molar-refractivity contribution >= 4 is 15.9 Å². The molecule has 1 fully saturated rings. The van der Waals surface area contributed by atoms with Crippen molar-refractivity contribution in [1.82, 2.24) is 15.1 Å². The van der Waals surface area contributed by atoms with E-state index in [0.717, 1.165) is 36.0 Å². The Morgan fingerprint density at radius 1 is 1.45 bits per heavy atom. The number of aliphatic hydroxyl groups is 1. The third-order valence-corrected chi connectivity index (χ3v) is 5.53. The van der Waals surface area contributed by atoms with Crippen LogP contribution in [0.3, 0.4) is 0 Å². The normalized spacial score (nSPS) is 18.2. The number of nitrogens with one attached hydrogen (secondary N) is 1. The Morgan fingerprint density at radius 2 is 2.15 bits per heavy atom. The zero-order valence-corrected chi connectivity index (χ0v) is 14.3. The summed E-state index contributed by atoms with van der Waals surface area (Å²) < 4.78 is 3.17. The highest BCUT2D eigenvalue weighted by Gasteiger charge is 2.33.